The van der Waals surface area contributed by atoms with E-state index < -0.39 is 0 Å². The molecular formula is C24H43N3O3. The quantitative estimate of drug-likeness (QED) is 0.433. The third-order valence-corrected chi connectivity index (χ3v) is 5.81. The molecule has 1 aromatic rings. The van der Waals surface area contributed by atoms with Gasteiger partial charge in [0.15, 0.2) is 11.5 Å². The lowest BCUT2D eigenvalue weighted by molar-refractivity contribution is 0.126. The van der Waals surface area contributed by atoms with Crippen molar-refractivity contribution in [3.8, 4) is 17.2 Å². The van der Waals surface area contributed by atoms with Crippen molar-refractivity contribution < 1.29 is 14.2 Å². The normalized spacial score (nSPS) is 15.3. The number of nitrogens with two attached hydrogens (primary N) is 1. The van der Waals surface area contributed by atoms with Gasteiger partial charge in [0.2, 0.25) is 5.75 Å². The summed E-state index contributed by atoms with van der Waals surface area (Å²) in [7, 11) is 3.40. The van der Waals surface area contributed by atoms with E-state index in [4.69, 9.17) is 19.9 Å². The summed E-state index contributed by atoms with van der Waals surface area (Å²) < 4.78 is 17.4. The number of ether oxygens (including phenoxy) is 3. The van der Waals surface area contributed by atoms with Gasteiger partial charge in [0.05, 0.1) is 20.8 Å². The van der Waals surface area contributed by atoms with Crippen LogP contribution in [0.5, 0.6) is 17.2 Å². The van der Waals surface area contributed by atoms with Gasteiger partial charge in [-0.2, -0.15) is 0 Å². The molecule has 0 atom stereocenters. The molecule has 30 heavy (non-hydrogen) atoms. The molecule has 0 unspecified atom stereocenters. The molecule has 6 heteroatoms. The van der Waals surface area contributed by atoms with E-state index in [0.29, 0.717) is 6.61 Å². The van der Waals surface area contributed by atoms with Crippen molar-refractivity contribution in [1.82, 2.24) is 9.80 Å². The summed E-state index contributed by atoms with van der Waals surface area (Å²) in [4.78, 5) is 4.99. The van der Waals surface area contributed by atoms with Crippen molar-refractivity contribution in [3.63, 3.8) is 0 Å². The van der Waals surface area contributed by atoms with E-state index in [-0.39, 0.29) is 0 Å². The molecule has 0 radical (unpaired) electrons. The highest BCUT2D eigenvalue weighted by Gasteiger charge is 2.19. The van der Waals surface area contributed by atoms with Crippen molar-refractivity contribution in [2.24, 2.45) is 5.73 Å². The largest absolute Gasteiger partial charge is 0.493 e. The van der Waals surface area contributed by atoms with Crippen molar-refractivity contribution in [2.45, 2.75) is 58.4 Å². The van der Waals surface area contributed by atoms with E-state index in [1.165, 1.54) is 37.7 Å². The van der Waals surface area contributed by atoms with Gasteiger partial charge in [-0.05, 0) is 43.6 Å². The van der Waals surface area contributed by atoms with Crippen molar-refractivity contribution in [3.05, 3.63) is 17.7 Å². The first-order valence-electron chi connectivity index (χ1n) is 11.7. The molecule has 1 aliphatic rings. The Balaban J connectivity index is 1.88. The highest BCUT2D eigenvalue weighted by molar-refractivity contribution is 5.53. The molecule has 172 valence electrons. The zero-order valence-electron chi connectivity index (χ0n) is 19.5. The molecule has 1 aliphatic heterocycles. The van der Waals surface area contributed by atoms with Gasteiger partial charge in [-0.3, -0.25) is 4.90 Å². The number of benzene rings is 1. The van der Waals surface area contributed by atoms with Crippen LogP contribution in [0.15, 0.2) is 12.1 Å². The molecule has 2 rings (SSSR count). The summed E-state index contributed by atoms with van der Waals surface area (Å²) in [5.74, 6) is 2.25. The standard InChI is InChI=1S/C24H43N3O3/c1-4-5-6-7-8-9-17-30-24-22(28-2)18-21(19-23(24)29-3)20-27-15-13-26(14-16-27)12-10-11-25/h18-19H,4-17,20,25H2,1-3H3. The van der Waals surface area contributed by atoms with E-state index in [2.05, 4.69) is 28.9 Å². The Morgan fingerprint density at radius 1 is 0.833 bits per heavy atom. The SMILES string of the molecule is CCCCCCCCOc1c(OC)cc(CN2CCN(CCCN)CC2)cc1OC. The third kappa shape index (κ3) is 8.32. The Morgan fingerprint density at radius 2 is 1.43 bits per heavy atom. The van der Waals surface area contributed by atoms with E-state index in [1.807, 2.05) is 0 Å². The number of piperazine rings is 1. The maximum absolute atomic E-state index is 6.07. The number of nitrogens with zero attached hydrogens (tertiary/aromatic N) is 2. The fourth-order valence-electron chi connectivity index (χ4n) is 3.97. The second-order valence-electron chi connectivity index (χ2n) is 8.21. The molecule has 0 aromatic heterocycles. The average Bonchev–Trinajstić information content (AvgIpc) is 2.78. The maximum Gasteiger partial charge on any atom is 0.203 e. The van der Waals surface area contributed by atoms with Crippen molar-refractivity contribution >= 4 is 0 Å². The zero-order chi connectivity index (χ0) is 21.6. The number of unbranched alkanes of at least 4 members (excludes halogenated alkanes) is 5. The van der Waals surface area contributed by atoms with Crippen LogP contribution in [0.2, 0.25) is 0 Å². The fraction of sp³-hybridized carbons (Fsp3) is 0.750. The molecule has 0 spiro atoms. The van der Waals surface area contributed by atoms with Crippen molar-refractivity contribution in [2.75, 3.05) is 60.1 Å². The molecule has 2 N–H and O–H groups in total. The fourth-order valence-corrected chi connectivity index (χ4v) is 3.97. The topological polar surface area (TPSA) is 60.2 Å². The van der Waals surface area contributed by atoms with Gasteiger partial charge in [-0.25, -0.2) is 0 Å². The summed E-state index contributed by atoms with van der Waals surface area (Å²) in [5, 5.41) is 0. The Labute approximate surface area is 183 Å². The van der Waals surface area contributed by atoms with Crippen molar-refractivity contribution in [1.29, 1.82) is 0 Å². The molecule has 6 nitrogen and oxygen atoms in total. The molecule has 0 amide bonds. The smallest absolute Gasteiger partial charge is 0.203 e. The highest BCUT2D eigenvalue weighted by Crippen LogP contribution is 2.39. The van der Waals surface area contributed by atoms with Crippen LogP contribution in [-0.4, -0.2) is 69.9 Å². The van der Waals surface area contributed by atoms with Crippen LogP contribution < -0.4 is 19.9 Å². The molecule has 1 aromatic carbocycles. The van der Waals surface area contributed by atoms with E-state index in [0.717, 1.165) is 75.9 Å². The van der Waals surface area contributed by atoms with E-state index in [9.17, 15) is 0 Å². The van der Waals surface area contributed by atoms with Crippen LogP contribution in [0.25, 0.3) is 0 Å². The monoisotopic (exact) mass is 421 g/mol. The molecule has 0 aliphatic carbocycles. The first kappa shape index (κ1) is 24.8. The first-order chi connectivity index (χ1) is 14.7. The lowest BCUT2D eigenvalue weighted by atomic mass is 10.1. The lowest BCUT2D eigenvalue weighted by Crippen LogP contribution is -2.46. The molecule has 1 saturated heterocycles. The molecule has 1 heterocycles. The number of hydrogen-bond acceptors (Lipinski definition) is 6. The summed E-state index contributed by atoms with van der Waals surface area (Å²) in [6.45, 7) is 10.1. The average molecular weight is 422 g/mol. The minimum atomic E-state index is 0.697. The van der Waals surface area contributed by atoms with Gasteiger partial charge in [0, 0.05) is 32.7 Å². The Bertz CT molecular complexity index is 564. The van der Waals surface area contributed by atoms with Crippen LogP contribution in [-0.2, 0) is 6.54 Å². The van der Waals surface area contributed by atoms with E-state index in [1.54, 1.807) is 14.2 Å². The molecule has 1 fully saturated rings. The van der Waals surface area contributed by atoms with E-state index >= 15 is 0 Å². The second kappa shape index (κ2) is 14.5. The lowest BCUT2D eigenvalue weighted by Gasteiger charge is -2.34. The summed E-state index contributed by atoms with van der Waals surface area (Å²) in [6.07, 6.45) is 8.55. The predicted octanol–water partition coefficient (Wildman–Crippen LogP) is 3.91. The summed E-state index contributed by atoms with van der Waals surface area (Å²) >= 11 is 0. The second-order valence-corrected chi connectivity index (χ2v) is 8.21. The predicted molar refractivity (Wildman–Crippen MR) is 124 cm³/mol. The van der Waals surface area contributed by atoms with Gasteiger partial charge >= 0.3 is 0 Å². The Hall–Kier alpha value is -1.50. The minimum Gasteiger partial charge on any atom is -0.493 e. The maximum atomic E-state index is 6.07. The van der Waals surface area contributed by atoms with Crippen LogP contribution in [0, 0.1) is 0 Å². The minimum absolute atomic E-state index is 0.697. The first-order valence-corrected chi connectivity index (χ1v) is 11.7. The Morgan fingerprint density at radius 3 is 2.03 bits per heavy atom. The van der Waals surface area contributed by atoms with Gasteiger partial charge in [0.25, 0.3) is 0 Å². The third-order valence-electron chi connectivity index (χ3n) is 5.81. The van der Waals surface area contributed by atoms with Crippen LogP contribution in [0.3, 0.4) is 0 Å². The highest BCUT2D eigenvalue weighted by atomic mass is 16.5. The van der Waals surface area contributed by atoms with Gasteiger partial charge in [-0.15, -0.1) is 0 Å². The Kier molecular flexibility index (Phi) is 12.0. The van der Waals surface area contributed by atoms with Crippen LogP contribution in [0.4, 0.5) is 0 Å². The van der Waals surface area contributed by atoms with Crippen LogP contribution in [0.1, 0.15) is 57.4 Å². The van der Waals surface area contributed by atoms with Crippen LogP contribution >= 0.6 is 0 Å². The number of rotatable bonds is 15. The van der Waals surface area contributed by atoms with Gasteiger partial charge in [0.1, 0.15) is 0 Å². The summed E-state index contributed by atoms with van der Waals surface area (Å²) in [6, 6.07) is 4.19. The van der Waals surface area contributed by atoms with Gasteiger partial charge < -0.3 is 24.8 Å². The molecule has 0 saturated carbocycles. The molecular weight excluding hydrogens is 378 g/mol. The number of hydrogen-bond donors (Lipinski definition) is 1. The van der Waals surface area contributed by atoms with Gasteiger partial charge in [-0.1, -0.05) is 39.0 Å². The molecule has 0 bridgehead atoms. The zero-order valence-corrected chi connectivity index (χ0v) is 19.5. The summed E-state index contributed by atoms with van der Waals surface area (Å²) in [5.41, 5.74) is 6.83. The number of methoxy groups -OCH3 is 2.